The van der Waals surface area contributed by atoms with Crippen molar-refractivity contribution in [1.82, 2.24) is 0 Å². The van der Waals surface area contributed by atoms with E-state index in [1.807, 2.05) is 0 Å². The van der Waals surface area contributed by atoms with Crippen LogP contribution in [0.15, 0.2) is 48.5 Å². The van der Waals surface area contributed by atoms with Crippen molar-refractivity contribution in [3.05, 3.63) is 59.7 Å². The summed E-state index contributed by atoms with van der Waals surface area (Å²) in [6, 6.07) is 15.9. The normalized spacial score (nSPS) is 9.67. The van der Waals surface area contributed by atoms with Crippen molar-refractivity contribution in [2.24, 2.45) is 0 Å². The number of carbonyl (C=O) groups is 2. The topological polar surface area (TPSA) is 91.2 Å². The van der Waals surface area contributed by atoms with Crippen LogP contribution >= 0.6 is 0 Å². The molecule has 0 atom stereocenters. The average Bonchev–Trinajstić information content (AvgIpc) is 2.61. The fourth-order valence-electron chi connectivity index (χ4n) is 2.08. The molecule has 1 amide bonds. The van der Waals surface area contributed by atoms with Gasteiger partial charge in [-0.1, -0.05) is 24.3 Å². The first-order valence-electron chi connectivity index (χ1n) is 7.33. The van der Waals surface area contributed by atoms with Gasteiger partial charge in [0.25, 0.3) is 5.91 Å². The van der Waals surface area contributed by atoms with Crippen molar-refractivity contribution in [1.29, 1.82) is 5.26 Å². The average molecular weight is 323 g/mol. The van der Waals surface area contributed by atoms with Crippen molar-refractivity contribution in [2.45, 2.75) is 6.42 Å². The first kappa shape index (κ1) is 17.0. The summed E-state index contributed by atoms with van der Waals surface area (Å²) in [6.07, 6.45) is 0.316. The molecule has 0 aliphatic carbocycles. The van der Waals surface area contributed by atoms with Gasteiger partial charge in [0.15, 0.2) is 6.61 Å². The second kappa shape index (κ2) is 8.34. The summed E-state index contributed by atoms with van der Waals surface area (Å²) in [4.78, 5) is 23.9. The number of hydrogen-bond donors (Lipinski definition) is 2. The van der Waals surface area contributed by atoms with Crippen LogP contribution < -0.4 is 10.6 Å². The Bertz CT molecular complexity index is 764. The highest BCUT2D eigenvalue weighted by Crippen LogP contribution is 2.15. The number of nitrogens with one attached hydrogen (secondary N) is 2. The standard InChI is InChI=1S/C18H17N3O3/c1-20-16-5-3-2-4-15(16)18(23)24-12-17(22)21-14-8-6-13(7-9-14)10-11-19/h2-9,20H,10,12H2,1H3,(H,21,22). The van der Waals surface area contributed by atoms with E-state index in [4.69, 9.17) is 10.00 Å². The number of ether oxygens (including phenoxy) is 1. The first-order chi connectivity index (χ1) is 11.6. The van der Waals surface area contributed by atoms with Gasteiger partial charge in [-0.25, -0.2) is 4.79 Å². The number of para-hydroxylation sites is 1. The SMILES string of the molecule is CNc1ccccc1C(=O)OCC(=O)Nc1ccc(CC#N)cc1. The van der Waals surface area contributed by atoms with Gasteiger partial charge in [-0.05, 0) is 29.8 Å². The lowest BCUT2D eigenvalue weighted by molar-refractivity contribution is -0.119. The molecule has 0 radical (unpaired) electrons. The van der Waals surface area contributed by atoms with Crippen molar-refractivity contribution in [3.8, 4) is 6.07 Å². The highest BCUT2D eigenvalue weighted by molar-refractivity contribution is 5.98. The molecule has 0 bridgehead atoms. The molecule has 0 heterocycles. The smallest absolute Gasteiger partial charge is 0.340 e. The molecule has 0 saturated heterocycles. The number of nitriles is 1. The number of amides is 1. The second-order valence-electron chi connectivity index (χ2n) is 4.95. The minimum atomic E-state index is -0.570. The maximum absolute atomic E-state index is 12.0. The summed E-state index contributed by atoms with van der Waals surface area (Å²) in [5.41, 5.74) is 2.45. The monoisotopic (exact) mass is 323 g/mol. The van der Waals surface area contributed by atoms with Crippen LogP contribution in [0.2, 0.25) is 0 Å². The van der Waals surface area contributed by atoms with E-state index in [2.05, 4.69) is 16.7 Å². The number of esters is 1. The Hall–Kier alpha value is -3.33. The van der Waals surface area contributed by atoms with Crippen LogP contribution in [-0.2, 0) is 16.0 Å². The van der Waals surface area contributed by atoms with Crippen LogP contribution in [0.1, 0.15) is 15.9 Å². The molecule has 2 rings (SSSR count). The molecule has 0 spiro atoms. The van der Waals surface area contributed by atoms with Gasteiger partial charge in [0.2, 0.25) is 0 Å². The maximum atomic E-state index is 12.0. The van der Waals surface area contributed by atoms with Crippen LogP contribution in [-0.4, -0.2) is 25.5 Å². The molecule has 0 aliphatic rings. The molecule has 0 saturated carbocycles. The van der Waals surface area contributed by atoms with Crippen molar-refractivity contribution in [3.63, 3.8) is 0 Å². The summed E-state index contributed by atoms with van der Waals surface area (Å²) in [6.45, 7) is -0.378. The summed E-state index contributed by atoms with van der Waals surface area (Å²) >= 11 is 0. The van der Waals surface area contributed by atoms with Crippen LogP contribution in [0, 0.1) is 11.3 Å². The zero-order chi connectivity index (χ0) is 17.4. The molecule has 6 heteroatoms. The number of anilines is 2. The lowest BCUT2D eigenvalue weighted by atomic mass is 10.1. The first-order valence-corrected chi connectivity index (χ1v) is 7.33. The zero-order valence-corrected chi connectivity index (χ0v) is 13.2. The molecular formula is C18H17N3O3. The second-order valence-corrected chi connectivity index (χ2v) is 4.95. The van der Waals surface area contributed by atoms with Crippen molar-refractivity contribution >= 4 is 23.3 Å². The predicted molar refractivity (Wildman–Crippen MR) is 90.7 cm³/mol. The molecule has 2 aromatic rings. The van der Waals surface area contributed by atoms with Crippen LogP contribution in [0.4, 0.5) is 11.4 Å². The molecule has 2 N–H and O–H groups in total. The summed E-state index contributed by atoms with van der Waals surface area (Å²) in [7, 11) is 1.70. The molecule has 0 aliphatic heterocycles. The predicted octanol–water partition coefficient (Wildman–Crippen LogP) is 2.59. The van der Waals surface area contributed by atoms with Crippen LogP contribution in [0.25, 0.3) is 0 Å². The number of hydrogen-bond acceptors (Lipinski definition) is 5. The fraction of sp³-hybridized carbons (Fsp3) is 0.167. The summed E-state index contributed by atoms with van der Waals surface area (Å²) in [5, 5.41) is 14.1. The van der Waals surface area contributed by atoms with Gasteiger partial charge in [-0.15, -0.1) is 0 Å². The summed E-state index contributed by atoms with van der Waals surface area (Å²) < 4.78 is 5.03. The van der Waals surface area contributed by atoms with E-state index in [9.17, 15) is 9.59 Å². The Kier molecular flexibility index (Phi) is 5.92. The molecule has 0 fully saturated rings. The minimum Gasteiger partial charge on any atom is -0.452 e. The minimum absolute atomic E-state index is 0.316. The Labute approximate surface area is 140 Å². The molecule has 6 nitrogen and oxygen atoms in total. The largest absolute Gasteiger partial charge is 0.452 e. The molecule has 0 aromatic heterocycles. The molecule has 0 unspecified atom stereocenters. The third kappa shape index (κ3) is 4.58. The lowest BCUT2D eigenvalue weighted by Crippen LogP contribution is -2.21. The third-order valence-corrected chi connectivity index (χ3v) is 3.27. The van der Waals surface area contributed by atoms with Crippen LogP contribution in [0.3, 0.4) is 0 Å². The Morgan fingerprint density at radius 1 is 1.12 bits per heavy atom. The number of carbonyl (C=O) groups excluding carboxylic acids is 2. The van der Waals surface area contributed by atoms with E-state index >= 15 is 0 Å². The quantitative estimate of drug-likeness (QED) is 0.797. The van der Waals surface area contributed by atoms with Gasteiger partial charge in [0.1, 0.15) is 0 Å². The molecule has 122 valence electrons. The highest BCUT2D eigenvalue weighted by atomic mass is 16.5. The van der Waals surface area contributed by atoms with Gasteiger partial charge >= 0.3 is 5.97 Å². The van der Waals surface area contributed by atoms with E-state index < -0.39 is 11.9 Å². The lowest BCUT2D eigenvalue weighted by Gasteiger charge is -2.09. The van der Waals surface area contributed by atoms with E-state index in [0.717, 1.165) is 5.56 Å². The molecule has 2 aromatic carbocycles. The molecule has 24 heavy (non-hydrogen) atoms. The van der Waals surface area contributed by atoms with Gasteiger partial charge < -0.3 is 15.4 Å². The van der Waals surface area contributed by atoms with Gasteiger partial charge in [-0.2, -0.15) is 5.26 Å². The number of nitrogens with zero attached hydrogens (tertiary/aromatic N) is 1. The Morgan fingerprint density at radius 2 is 1.83 bits per heavy atom. The van der Waals surface area contributed by atoms with Crippen molar-refractivity contribution in [2.75, 3.05) is 24.3 Å². The van der Waals surface area contributed by atoms with E-state index in [1.165, 1.54) is 0 Å². The fourth-order valence-corrected chi connectivity index (χ4v) is 2.08. The van der Waals surface area contributed by atoms with Crippen LogP contribution in [0.5, 0.6) is 0 Å². The zero-order valence-electron chi connectivity index (χ0n) is 13.2. The van der Waals surface area contributed by atoms with Gasteiger partial charge in [-0.3, -0.25) is 4.79 Å². The highest BCUT2D eigenvalue weighted by Gasteiger charge is 2.13. The van der Waals surface area contributed by atoms with Gasteiger partial charge in [0.05, 0.1) is 18.1 Å². The summed E-state index contributed by atoms with van der Waals surface area (Å²) in [5.74, 6) is -1.00. The van der Waals surface area contributed by atoms with Gasteiger partial charge in [0, 0.05) is 18.4 Å². The Morgan fingerprint density at radius 3 is 2.50 bits per heavy atom. The Balaban J connectivity index is 1.88. The van der Waals surface area contributed by atoms with E-state index in [-0.39, 0.29) is 6.61 Å². The maximum Gasteiger partial charge on any atom is 0.340 e. The number of rotatable bonds is 6. The van der Waals surface area contributed by atoms with Crippen molar-refractivity contribution < 1.29 is 14.3 Å². The number of benzene rings is 2. The van der Waals surface area contributed by atoms with E-state index in [0.29, 0.717) is 23.4 Å². The molecular weight excluding hydrogens is 306 g/mol. The third-order valence-electron chi connectivity index (χ3n) is 3.27. The van der Waals surface area contributed by atoms with E-state index in [1.54, 1.807) is 55.6 Å².